The molecule has 1 fully saturated rings. The van der Waals surface area contributed by atoms with E-state index in [1.165, 1.54) is 6.20 Å². The van der Waals surface area contributed by atoms with E-state index in [9.17, 15) is 4.79 Å². The third-order valence-corrected chi connectivity index (χ3v) is 4.25. The van der Waals surface area contributed by atoms with Gasteiger partial charge >= 0.3 is 0 Å². The number of hydrogen-bond acceptors (Lipinski definition) is 6. The van der Waals surface area contributed by atoms with E-state index in [1.807, 2.05) is 17.9 Å². The molecule has 25 heavy (non-hydrogen) atoms. The lowest BCUT2D eigenvalue weighted by Crippen LogP contribution is -2.36. The van der Waals surface area contributed by atoms with E-state index in [0.717, 1.165) is 56.2 Å². The second-order valence-corrected chi connectivity index (χ2v) is 6.26. The van der Waals surface area contributed by atoms with Gasteiger partial charge in [-0.15, -0.1) is 0 Å². The van der Waals surface area contributed by atoms with Crippen LogP contribution in [0, 0.1) is 6.92 Å². The molecular weight excluding hydrogens is 316 g/mol. The third kappa shape index (κ3) is 4.29. The molecule has 0 N–H and O–H groups in total. The van der Waals surface area contributed by atoms with Gasteiger partial charge in [-0.2, -0.15) is 0 Å². The van der Waals surface area contributed by atoms with Gasteiger partial charge in [-0.1, -0.05) is 6.92 Å². The van der Waals surface area contributed by atoms with Crippen molar-refractivity contribution >= 4 is 11.7 Å². The number of aryl methyl sites for hydroxylation is 2. The van der Waals surface area contributed by atoms with Gasteiger partial charge in [-0.05, 0) is 19.8 Å². The van der Waals surface area contributed by atoms with Gasteiger partial charge in [0.15, 0.2) is 0 Å². The van der Waals surface area contributed by atoms with E-state index in [1.54, 1.807) is 12.4 Å². The molecule has 0 radical (unpaired) electrons. The molecule has 132 valence electrons. The van der Waals surface area contributed by atoms with E-state index in [-0.39, 0.29) is 5.91 Å². The summed E-state index contributed by atoms with van der Waals surface area (Å²) in [4.78, 5) is 34.0. The van der Waals surface area contributed by atoms with Crippen LogP contribution in [0.5, 0.6) is 0 Å². The lowest BCUT2D eigenvalue weighted by Gasteiger charge is -2.23. The van der Waals surface area contributed by atoms with Crippen LogP contribution >= 0.6 is 0 Å². The molecule has 0 aromatic carbocycles. The standard InChI is InChI=1S/C18H24N6O/c1-3-5-16-21-14(2)12-17(22-16)23-8-4-9-24(11-10-23)18(25)15-13-19-6-7-20-15/h6-7,12-13H,3-5,8-11H2,1-2H3. The minimum atomic E-state index is -0.0551. The summed E-state index contributed by atoms with van der Waals surface area (Å²) in [7, 11) is 0. The highest BCUT2D eigenvalue weighted by molar-refractivity contribution is 5.92. The van der Waals surface area contributed by atoms with Gasteiger partial charge < -0.3 is 9.80 Å². The van der Waals surface area contributed by atoms with Crippen LogP contribution in [0.1, 0.15) is 41.8 Å². The Morgan fingerprint density at radius 2 is 2.04 bits per heavy atom. The Hall–Kier alpha value is -2.57. The highest BCUT2D eigenvalue weighted by Crippen LogP contribution is 2.16. The first kappa shape index (κ1) is 17.3. The van der Waals surface area contributed by atoms with Crippen molar-refractivity contribution in [3.8, 4) is 0 Å². The molecule has 1 aliphatic rings. The number of aromatic nitrogens is 4. The van der Waals surface area contributed by atoms with Crippen molar-refractivity contribution in [3.05, 3.63) is 41.9 Å². The minimum absolute atomic E-state index is 0.0551. The molecule has 1 aliphatic heterocycles. The fraction of sp³-hybridized carbons (Fsp3) is 0.500. The van der Waals surface area contributed by atoms with Crippen LogP contribution in [0.4, 0.5) is 5.82 Å². The number of hydrogen-bond donors (Lipinski definition) is 0. The van der Waals surface area contributed by atoms with E-state index in [0.29, 0.717) is 12.2 Å². The number of carbonyl (C=O) groups excluding carboxylic acids is 1. The highest BCUT2D eigenvalue weighted by atomic mass is 16.2. The van der Waals surface area contributed by atoms with Crippen LogP contribution in [-0.4, -0.2) is 56.9 Å². The van der Waals surface area contributed by atoms with Crippen LogP contribution in [-0.2, 0) is 6.42 Å². The minimum Gasteiger partial charge on any atom is -0.355 e. The lowest BCUT2D eigenvalue weighted by atomic mass is 10.3. The summed E-state index contributed by atoms with van der Waals surface area (Å²) < 4.78 is 0. The predicted molar refractivity (Wildman–Crippen MR) is 95.5 cm³/mol. The third-order valence-electron chi connectivity index (χ3n) is 4.25. The van der Waals surface area contributed by atoms with Crippen LogP contribution in [0.25, 0.3) is 0 Å². The zero-order valence-corrected chi connectivity index (χ0v) is 14.9. The van der Waals surface area contributed by atoms with Crippen molar-refractivity contribution in [2.45, 2.75) is 33.1 Å². The van der Waals surface area contributed by atoms with Crippen LogP contribution in [0.15, 0.2) is 24.7 Å². The Morgan fingerprint density at radius 1 is 1.16 bits per heavy atom. The maximum Gasteiger partial charge on any atom is 0.274 e. The molecular formula is C18H24N6O. The van der Waals surface area contributed by atoms with E-state index >= 15 is 0 Å². The van der Waals surface area contributed by atoms with Crippen molar-refractivity contribution in [1.29, 1.82) is 0 Å². The first-order valence-corrected chi connectivity index (χ1v) is 8.82. The van der Waals surface area contributed by atoms with E-state index in [2.05, 4.69) is 26.8 Å². The first-order chi connectivity index (χ1) is 12.2. The van der Waals surface area contributed by atoms with Crippen molar-refractivity contribution in [3.63, 3.8) is 0 Å². The van der Waals surface area contributed by atoms with E-state index < -0.39 is 0 Å². The first-order valence-electron chi connectivity index (χ1n) is 8.82. The number of nitrogens with zero attached hydrogens (tertiary/aromatic N) is 6. The van der Waals surface area contributed by atoms with E-state index in [4.69, 9.17) is 4.98 Å². The number of carbonyl (C=O) groups is 1. The molecule has 1 saturated heterocycles. The fourth-order valence-corrected chi connectivity index (χ4v) is 3.03. The van der Waals surface area contributed by atoms with Gasteiger partial charge in [-0.3, -0.25) is 9.78 Å². The molecule has 0 spiro atoms. The number of rotatable bonds is 4. The fourth-order valence-electron chi connectivity index (χ4n) is 3.03. The van der Waals surface area contributed by atoms with Gasteiger partial charge in [0.2, 0.25) is 0 Å². The smallest absolute Gasteiger partial charge is 0.274 e. The molecule has 0 aliphatic carbocycles. The van der Waals surface area contributed by atoms with Gasteiger partial charge in [-0.25, -0.2) is 15.0 Å². The maximum absolute atomic E-state index is 12.6. The van der Waals surface area contributed by atoms with Gasteiger partial charge in [0.25, 0.3) is 5.91 Å². The second kappa shape index (κ2) is 8.00. The topological polar surface area (TPSA) is 75.1 Å². The number of amides is 1. The Kier molecular flexibility index (Phi) is 5.53. The summed E-state index contributed by atoms with van der Waals surface area (Å²) in [6.07, 6.45) is 7.47. The number of anilines is 1. The molecule has 2 aromatic heterocycles. The predicted octanol–water partition coefficient (Wildman–Crippen LogP) is 1.88. The average Bonchev–Trinajstić information content (AvgIpc) is 2.88. The summed E-state index contributed by atoms with van der Waals surface area (Å²) in [6, 6.07) is 2.03. The van der Waals surface area contributed by atoms with Gasteiger partial charge in [0.05, 0.1) is 6.20 Å². The largest absolute Gasteiger partial charge is 0.355 e. The summed E-state index contributed by atoms with van der Waals surface area (Å²) in [6.45, 7) is 7.15. The SMILES string of the molecule is CCCc1nc(C)cc(N2CCCN(C(=O)c3cnccn3)CC2)n1. The normalized spacial score (nSPS) is 15.1. The maximum atomic E-state index is 12.6. The molecule has 3 rings (SSSR count). The average molecular weight is 340 g/mol. The van der Waals surface area contributed by atoms with Gasteiger partial charge in [0, 0.05) is 56.8 Å². The quantitative estimate of drug-likeness (QED) is 0.846. The molecule has 2 aromatic rings. The zero-order chi connectivity index (χ0) is 17.6. The molecule has 0 atom stereocenters. The Balaban J connectivity index is 1.70. The lowest BCUT2D eigenvalue weighted by molar-refractivity contribution is 0.0760. The summed E-state index contributed by atoms with van der Waals surface area (Å²) in [5.74, 6) is 1.81. The molecule has 7 nitrogen and oxygen atoms in total. The molecule has 0 bridgehead atoms. The summed E-state index contributed by atoms with van der Waals surface area (Å²) in [5, 5.41) is 0. The molecule has 7 heteroatoms. The van der Waals surface area contributed by atoms with Crippen molar-refractivity contribution < 1.29 is 4.79 Å². The van der Waals surface area contributed by atoms with Crippen LogP contribution < -0.4 is 4.90 Å². The molecule has 0 saturated carbocycles. The Bertz CT molecular complexity index is 721. The summed E-state index contributed by atoms with van der Waals surface area (Å²) >= 11 is 0. The van der Waals surface area contributed by atoms with Crippen molar-refractivity contribution in [1.82, 2.24) is 24.8 Å². The second-order valence-electron chi connectivity index (χ2n) is 6.26. The monoisotopic (exact) mass is 340 g/mol. The molecule has 3 heterocycles. The Morgan fingerprint density at radius 3 is 2.80 bits per heavy atom. The van der Waals surface area contributed by atoms with Gasteiger partial charge in [0.1, 0.15) is 17.3 Å². The van der Waals surface area contributed by atoms with Crippen molar-refractivity contribution in [2.24, 2.45) is 0 Å². The van der Waals surface area contributed by atoms with Crippen LogP contribution in [0.3, 0.4) is 0 Å². The molecule has 0 unspecified atom stereocenters. The molecule has 1 amide bonds. The highest BCUT2D eigenvalue weighted by Gasteiger charge is 2.22. The summed E-state index contributed by atoms with van der Waals surface area (Å²) in [5.41, 5.74) is 1.39. The Labute approximate surface area is 148 Å². The zero-order valence-electron chi connectivity index (χ0n) is 14.9. The van der Waals surface area contributed by atoms with Crippen LogP contribution in [0.2, 0.25) is 0 Å². The van der Waals surface area contributed by atoms with Crippen molar-refractivity contribution in [2.75, 3.05) is 31.1 Å².